The first-order chi connectivity index (χ1) is 7.84. The van der Waals surface area contributed by atoms with Crippen LogP contribution in [0.25, 0.3) is 0 Å². The number of rotatable bonds is 4. The molecule has 2 rings (SSSR count). The highest BCUT2D eigenvalue weighted by Gasteiger charge is 2.15. The summed E-state index contributed by atoms with van der Waals surface area (Å²) in [4.78, 5) is 7.17. The Kier molecular flexibility index (Phi) is 4.40. The van der Waals surface area contributed by atoms with Gasteiger partial charge >= 0.3 is 0 Å². The molecule has 90 valence electrons. The van der Waals surface area contributed by atoms with Gasteiger partial charge in [-0.15, -0.1) is 0 Å². The Hall–Kier alpha value is -0.830. The number of nitrogens with zero attached hydrogens (tertiary/aromatic N) is 1. The van der Waals surface area contributed by atoms with Gasteiger partial charge in [-0.25, -0.2) is 4.98 Å². The molecule has 1 aromatic rings. The fourth-order valence-corrected chi connectivity index (χ4v) is 2.52. The zero-order valence-corrected chi connectivity index (χ0v) is 10.2. The van der Waals surface area contributed by atoms with Gasteiger partial charge in [0.25, 0.3) is 0 Å². The Bertz CT molecular complexity index is 281. The normalized spacial score (nSPS) is 26.6. The molecule has 1 aliphatic rings. The number of nitrogens with one attached hydrogen (secondary N) is 2. The van der Waals surface area contributed by atoms with Gasteiger partial charge in [-0.2, -0.15) is 0 Å². The molecule has 2 N–H and O–H groups in total. The minimum Gasteiger partial charge on any atom is -0.348 e. The van der Waals surface area contributed by atoms with Crippen LogP contribution < -0.4 is 5.32 Å². The topological polar surface area (TPSA) is 40.7 Å². The second-order valence-electron chi connectivity index (χ2n) is 5.09. The van der Waals surface area contributed by atoms with E-state index in [9.17, 15) is 0 Å². The van der Waals surface area contributed by atoms with E-state index in [1.165, 1.54) is 37.8 Å². The summed E-state index contributed by atoms with van der Waals surface area (Å²) >= 11 is 0. The Morgan fingerprint density at radius 1 is 1.38 bits per heavy atom. The van der Waals surface area contributed by atoms with E-state index in [4.69, 9.17) is 0 Å². The molecular weight excluding hydrogens is 198 g/mol. The predicted molar refractivity (Wildman–Crippen MR) is 66.3 cm³/mol. The van der Waals surface area contributed by atoms with Crippen LogP contribution in [0, 0.1) is 5.92 Å². The SMILES string of the molecule is CC1CCCC(NCCc2cnc[nH]2)CC1. The first-order valence-corrected chi connectivity index (χ1v) is 6.55. The van der Waals surface area contributed by atoms with Gasteiger partial charge in [-0.3, -0.25) is 0 Å². The van der Waals surface area contributed by atoms with Crippen molar-refractivity contribution in [3.8, 4) is 0 Å². The quantitative estimate of drug-likeness (QED) is 0.767. The lowest BCUT2D eigenvalue weighted by Crippen LogP contribution is -2.30. The van der Waals surface area contributed by atoms with Gasteiger partial charge in [0.2, 0.25) is 0 Å². The lowest BCUT2D eigenvalue weighted by atomic mass is 10.0. The Labute approximate surface area is 98.1 Å². The fourth-order valence-electron chi connectivity index (χ4n) is 2.52. The van der Waals surface area contributed by atoms with Crippen molar-refractivity contribution in [3.05, 3.63) is 18.2 Å². The Morgan fingerprint density at radius 2 is 2.31 bits per heavy atom. The highest BCUT2D eigenvalue weighted by molar-refractivity contribution is 4.94. The van der Waals surface area contributed by atoms with E-state index in [-0.39, 0.29) is 0 Å². The number of H-pyrrole nitrogens is 1. The van der Waals surface area contributed by atoms with E-state index in [1.54, 1.807) is 6.33 Å². The Balaban J connectivity index is 1.65. The molecule has 1 heterocycles. The van der Waals surface area contributed by atoms with Crippen LogP contribution in [0.5, 0.6) is 0 Å². The van der Waals surface area contributed by atoms with Crippen LogP contribution in [-0.4, -0.2) is 22.6 Å². The van der Waals surface area contributed by atoms with Crippen molar-refractivity contribution < 1.29 is 0 Å². The lowest BCUT2D eigenvalue weighted by Gasteiger charge is -2.15. The third kappa shape index (κ3) is 3.63. The maximum atomic E-state index is 4.03. The number of imidazole rings is 1. The van der Waals surface area contributed by atoms with E-state index in [0.717, 1.165) is 24.9 Å². The molecule has 1 fully saturated rings. The van der Waals surface area contributed by atoms with Gasteiger partial charge < -0.3 is 10.3 Å². The lowest BCUT2D eigenvalue weighted by molar-refractivity contribution is 0.450. The summed E-state index contributed by atoms with van der Waals surface area (Å²) in [5, 5.41) is 3.67. The van der Waals surface area contributed by atoms with E-state index < -0.39 is 0 Å². The molecule has 0 aliphatic heterocycles. The summed E-state index contributed by atoms with van der Waals surface area (Å²) in [7, 11) is 0. The molecule has 0 radical (unpaired) electrons. The Morgan fingerprint density at radius 3 is 3.12 bits per heavy atom. The summed E-state index contributed by atoms with van der Waals surface area (Å²) in [6.07, 6.45) is 11.6. The minimum atomic E-state index is 0.743. The smallest absolute Gasteiger partial charge is 0.0921 e. The van der Waals surface area contributed by atoms with Gasteiger partial charge in [0.1, 0.15) is 0 Å². The van der Waals surface area contributed by atoms with E-state index in [2.05, 4.69) is 22.2 Å². The first-order valence-electron chi connectivity index (χ1n) is 6.55. The van der Waals surface area contributed by atoms with Crippen molar-refractivity contribution in [2.24, 2.45) is 5.92 Å². The van der Waals surface area contributed by atoms with Crippen molar-refractivity contribution in [3.63, 3.8) is 0 Å². The zero-order valence-electron chi connectivity index (χ0n) is 10.2. The van der Waals surface area contributed by atoms with Gasteiger partial charge in [-0.1, -0.05) is 19.8 Å². The van der Waals surface area contributed by atoms with Crippen molar-refractivity contribution in [1.29, 1.82) is 0 Å². The first kappa shape index (κ1) is 11.6. The molecule has 0 bridgehead atoms. The fraction of sp³-hybridized carbons (Fsp3) is 0.769. The average molecular weight is 221 g/mol. The summed E-state index contributed by atoms with van der Waals surface area (Å²) in [5.41, 5.74) is 1.23. The van der Waals surface area contributed by atoms with Crippen molar-refractivity contribution in [2.75, 3.05) is 6.54 Å². The molecule has 1 aromatic heterocycles. The molecular formula is C13H23N3. The van der Waals surface area contributed by atoms with Crippen LogP contribution in [0.4, 0.5) is 0 Å². The maximum absolute atomic E-state index is 4.03. The summed E-state index contributed by atoms with van der Waals surface area (Å²) in [6, 6.07) is 0.743. The molecule has 3 heteroatoms. The number of aromatic nitrogens is 2. The second kappa shape index (κ2) is 6.04. The maximum Gasteiger partial charge on any atom is 0.0921 e. The molecule has 2 unspecified atom stereocenters. The summed E-state index contributed by atoms with van der Waals surface area (Å²) in [6.45, 7) is 3.45. The van der Waals surface area contributed by atoms with Crippen LogP contribution >= 0.6 is 0 Å². The van der Waals surface area contributed by atoms with Gasteiger partial charge in [0.15, 0.2) is 0 Å². The van der Waals surface area contributed by atoms with Crippen molar-refractivity contribution in [1.82, 2.24) is 15.3 Å². The van der Waals surface area contributed by atoms with Gasteiger partial charge in [0, 0.05) is 30.9 Å². The van der Waals surface area contributed by atoms with Crippen LogP contribution in [0.15, 0.2) is 12.5 Å². The van der Waals surface area contributed by atoms with Crippen LogP contribution in [0.1, 0.15) is 44.7 Å². The van der Waals surface area contributed by atoms with E-state index >= 15 is 0 Å². The average Bonchev–Trinajstić information content (AvgIpc) is 2.70. The number of hydrogen-bond acceptors (Lipinski definition) is 2. The van der Waals surface area contributed by atoms with Gasteiger partial charge in [0.05, 0.1) is 6.33 Å². The number of aromatic amines is 1. The summed E-state index contributed by atoms with van der Waals surface area (Å²) < 4.78 is 0. The molecule has 2 atom stereocenters. The molecule has 0 aromatic carbocycles. The molecule has 0 saturated heterocycles. The molecule has 3 nitrogen and oxygen atoms in total. The standard InChI is InChI=1S/C13H23N3/c1-11-3-2-4-12(6-5-11)15-8-7-13-9-14-10-16-13/h9-12,15H,2-8H2,1H3,(H,14,16). The molecule has 1 saturated carbocycles. The second-order valence-corrected chi connectivity index (χ2v) is 5.09. The molecule has 1 aliphatic carbocycles. The van der Waals surface area contributed by atoms with Crippen LogP contribution in [0.3, 0.4) is 0 Å². The van der Waals surface area contributed by atoms with Crippen LogP contribution in [0.2, 0.25) is 0 Å². The third-order valence-electron chi connectivity index (χ3n) is 3.64. The molecule has 0 spiro atoms. The highest BCUT2D eigenvalue weighted by Crippen LogP contribution is 2.22. The highest BCUT2D eigenvalue weighted by atomic mass is 14.9. The van der Waals surface area contributed by atoms with Crippen molar-refractivity contribution >= 4 is 0 Å². The zero-order chi connectivity index (χ0) is 11.2. The molecule has 0 amide bonds. The largest absolute Gasteiger partial charge is 0.348 e. The van der Waals surface area contributed by atoms with E-state index in [1.807, 2.05) is 6.20 Å². The summed E-state index contributed by atoms with van der Waals surface area (Å²) in [5.74, 6) is 0.930. The molecule has 16 heavy (non-hydrogen) atoms. The van der Waals surface area contributed by atoms with Crippen molar-refractivity contribution in [2.45, 2.75) is 51.5 Å². The third-order valence-corrected chi connectivity index (χ3v) is 3.64. The number of hydrogen-bond donors (Lipinski definition) is 2. The van der Waals surface area contributed by atoms with E-state index in [0.29, 0.717) is 0 Å². The van der Waals surface area contributed by atoms with Gasteiger partial charge in [-0.05, 0) is 25.2 Å². The monoisotopic (exact) mass is 221 g/mol. The van der Waals surface area contributed by atoms with Crippen LogP contribution in [-0.2, 0) is 6.42 Å². The minimum absolute atomic E-state index is 0.743. The predicted octanol–water partition coefficient (Wildman–Crippen LogP) is 2.51.